The summed E-state index contributed by atoms with van der Waals surface area (Å²) in [5.74, 6) is 0.697. The SMILES string of the molecule is C[C@@H]1CCCN(Cc2cc(=O)[nH]c(=O)[nH]2)C1. The quantitative estimate of drug-likeness (QED) is 0.757. The first-order valence-corrected chi connectivity index (χ1v) is 5.68. The molecule has 0 aliphatic carbocycles. The molecular weight excluding hydrogens is 206 g/mol. The van der Waals surface area contributed by atoms with Crippen molar-refractivity contribution in [1.29, 1.82) is 0 Å². The van der Waals surface area contributed by atoms with Gasteiger partial charge in [-0.15, -0.1) is 0 Å². The second-order valence-electron chi connectivity index (χ2n) is 4.60. The van der Waals surface area contributed by atoms with Crippen molar-refractivity contribution >= 4 is 0 Å². The molecule has 0 bridgehead atoms. The van der Waals surface area contributed by atoms with Crippen LogP contribution >= 0.6 is 0 Å². The smallest absolute Gasteiger partial charge is 0.310 e. The van der Waals surface area contributed by atoms with Gasteiger partial charge in [-0.2, -0.15) is 0 Å². The number of hydrogen-bond acceptors (Lipinski definition) is 3. The van der Waals surface area contributed by atoms with E-state index in [4.69, 9.17) is 0 Å². The van der Waals surface area contributed by atoms with Gasteiger partial charge in [0.1, 0.15) is 0 Å². The minimum Gasteiger partial charge on any atom is -0.310 e. The molecule has 0 unspecified atom stereocenters. The van der Waals surface area contributed by atoms with Crippen LogP contribution in [0.5, 0.6) is 0 Å². The molecule has 5 nitrogen and oxygen atoms in total. The van der Waals surface area contributed by atoms with Crippen molar-refractivity contribution in [3.05, 3.63) is 32.6 Å². The van der Waals surface area contributed by atoms with Crippen LogP contribution in [0.25, 0.3) is 0 Å². The first-order valence-electron chi connectivity index (χ1n) is 5.68. The molecule has 1 saturated heterocycles. The van der Waals surface area contributed by atoms with Crippen LogP contribution in [0.2, 0.25) is 0 Å². The number of aromatic nitrogens is 2. The van der Waals surface area contributed by atoms with E-state index in [9.17, 15) is 9.59 Å². The van der Waals surface area contributed by atoms with E-state index in [1.54, 1.807) is 0 Å². The van der Waals surface area contributed by atoms with Crippen molar-refractivity contribution in [3.8, 4) is 0 Å². The molecule has 16 heavy (non-hydrogen) atoms. The van der Waals surface area contributed by atoms with Gasteiger partial charge < -0.3 is 4.98 Å². The van der Waals surface area contributed by atoms with E-state index in [1.165, 1.54) is 18.9 Å². The summed E-state index contributed by atoms with van der Waals surface area (Å²) in [6.45, 7) is 4.96. The lowest BCUT2D eigenvalue weighted by Gasteiger charge is -2.30. The van der Waals surface area contributed by atoms with Crippen LogP contribution < -0.4 is 11.2 Å². The van der Waals surface area contributed by atoms with Gasteiger partial charge in [0.25, 0.3) is 5.56 Å². The van der Waals surface area contributed by atoms with Gasteiger partial charge in [0.05, 0.1) is 0 Å². The van der Waals surface area contributed by atoms with Crippen LogP contribution in [0.15, 0.2) is 15.7 Å². The molecule has 5 heteroatoms. The van der Waals surface area contributed by atoms with Crippen LogP contribution in [0, 0.1) is 5.92 Å². The third-order valence-corrected chi connectivity index (χ3v) is 2.95. The molecular formula is C11H17N3O2. The fourth-order valence-electron chi connectivity index (χ4n) is 2.28. The van der Waals surface area contributed by atoms with Crippen molar-refractivity contribution < 1.29 is 0 Å². The van der Waals surface area contributed by atoms with Crippen molar-refractivity contribution in [2.45, 2.75) is 26.3 Å². The van der Waals surface area contributed by atoms with Gasteiger partial charge in [-0.25, -0.2) is 4.79 Å². The van der Waals surface area contributed by atoms with E-state index in [0.717, 1.165) is 13.1 Å². The summed E-state index contributed by atoms with van der Waals surface area (Å²) in [5, 5.41) is 0. The monoisotopic (exact) mass is 223 g/mol. The van der Waals surface area contributed by atoms with Crippen LogP contribution in [-0.4, -0.2) is 28.0 Å². The van der Waals surface area contributed by atoms with Crippen LogP contribution in [0.3, 0.4) is 0 Å². The van der Waals surface area contributed by atoms with E-state index in [-0.39, 0.29) is 5.56 Å². The van der Waals surface area contributed by atoms with Gasteiger partial charge >= 0.3 is 5.69 Å². The number of piperidine rings is 1. The molecule has 1 fully saturated rings. The Kier molecular flexibility index (Phi) is 3.24. The Hall–Kier alpha value is -1.36. The third-order valence-electron chi connectivity index (χ3n) is 2.95. The van der Waals surface area contributed by atoms with Crippen molar-refractivity contribution in [3.63, 3.8) is 0 Å². The lowest BCUT2D eigenvalue weighted by atomic mass is 10.0. The number of H-pyrrole nitrogens is 2. The molecule has 1 atom stereocenters. The molecule has 0 saturated carbocycles. The third kappa shape index (κ3) is 2.82. The summed E-state index contributed by atoms with van der Waals surface area (Å²) in [7, 11) is 0. The first kappa shape index (κ1) is 11.1. The number of aromatic amines is 2. The number of hydrogen-bond donors (Lipinski definition) is 2. The number of nitrogens with one attached hydrogen (secondary N) is 2. The maximum Gasteiger partial charge on any atom is 0.325 e. The fraction of sp³-hybridized carbons (Fsp3) is 0.636. The molecule has 0 amide bonds. The summed E-state index contributed by atoms with van der Waals surface area (Å²) in [4.78, 5) is 29.3. The number of nitrogens with zero attached hydrogens (tertiary/aromatic N) is 1. The van der Waals surface area contributed by atoms with Gasteiger partial charge in [0.15, 0.2) is 0 Å². The second kappa shape index (κ2) is 4.65. The van der Waals surface area contributed by atoms with Crippen molar-refractivity contribution in [1.82, 2.24) is 14.9 Å². The summed E-state index contributed by atoms with van der Waals surface area (Å²) in [6, 6.07) is 1.46. The lowest BCUT2D eigenvalue weighted by Crippen LogP contribution is -2.35. The largest absolute Gasteiger partial charge is 0.325 e. The normalized spacial score (nSPS) is 22.2. The zero-order valence-electron chi connectivity index (χ0n) is 9.45. The predicted molar refractivity (Wildman–Crippen MR) is 61.4 cm³/mol. The fourth-order valence-corrected chi connectivity index (χ4v) is 2.28. The molecule has 0 aromatic carbocycles. The Balaban J connectivity index is 2.08. The van der Waals surface area contributed by atoms with Crippen LogP contribution in [0.4, 0.5) is 0 Å². The predicted octanol–water partition coefficient (Wildman–Crippen LogP) is 0.295. The topological polar surface area (TPSA) is 69.0 Å². The summed E-state index contributed by atoms with van der Waals surface area (Å²) < 4.78 is 0. The minimum absolute atomic E-state index is 0.330. The molecule has 1 aromatic heterocycles. The molecule has 2 heterocycles. The summed E-state index contributed by atoms with van der Waals surface area (Å²) >= 11 is 0. The Labute approximate surface area is 93.5 Å². The molecule has 0 radical (unpaired) electrons. The highest BCUT2D eigenvalue weighted by molar-refractivity contribution is 4.98. The highest BCUT2D eigenvalue weighted by atomic mass is 16.2. The molecule has 2 N–H and O–H groups in total. The van der Waals surface area contributed by atoms with Gasteiger partial charge in [-0.05, 0) is 25.3 Å². The molecule has 1 aliphatic heterocycles. The molecule has 88 valence electrons. The van der Waals surface area contributed by atoms with Crippen molar-refractivity contribution in [2.75, 3.05) is 13.1 Å². The summed E-state index contributed by atoms with van der Waals surface area (Å²) in [6.07, 6.45) is 2.46. The average Bonchev–Trinajstić information content (AvgIpc) is 2.15. The van der Waals surface area contributed by atoms with E-state index in [2.05, 4.69) is 21.8 Å². The van der Waals surface area contributed by atoms with Gasteiger partial charge in [0.2, 0.25) is 0 Å². The Morgan fingerprint density at radius 3 is 2.94 bits per heavy atom. The van der Waals surface area contributed by atoms with E-state index < -0.39 is 5.69 Å². The highest BCUT2D eigenvalue weighted by Gasteiger charge is 2.16. The Morgan fingerprint density at radius 2 is 2.25 bits per heavy atom. The molecule has 0 spiro atoms. The van der Waals surface area contributed by atoms with E-state index in [1.807, 2.05) is 0 Å². The minimum atomic E-state index is -0.424. The van der Waals surface area contributed by atoms with Crippen molar-refractivity contribution in [2.24, 2.45) is 5.92 Å². The van der Waals surface area contributed by atoms with Crippen LogP contribution in [-0.2, 0) is 6.54 Å². The number of likely N-dealkylation sites (tertiary alicyclic amines) is 1. The van der Waals surface area contributed by atoms with Gasteiger partial charge in [-0.3, -0.25) is 14.7 Å². The first-order chi connectivity index (χ1) is 7.63. The zero-order valence-corrected chi connectivity index (χ0v) is 9.45. The average molecular weight is 223 g/mol. The molecule has 2 rings (SSSR count). The maximum absolute atomic E-state index is 11.1. The molecule has 1 aromatic rings. The highest BCUT2D eigenvalue weighted by Crippen LogP contribution is 2.16. The lowest BCUT2D eigenvalue weighted by molar-refractivity contribution is 0.174. The van der Waals surface area contributed by atoms with E-state index >= 15 is 0 Å². The second-order valence-corrected chi connectivity index (χ2v) is 4.60. The standard InChI is InChI=1S/C11H17N3O2/c1-8-3-2-4-14(6-8)7-9-5-10(15)13-11(16)12-9/h5,8H,2-4,6-7H2,1H3,(H2,12,13,15,16)/t8-/m1/s1. The maximum atomic E-state index is 11.1. The van der Waals surface area contributed by atoms with Gasteiger partial charge in [0, 0.05) is 24.8 Å². The Morgan fingerprint density at radius 1 is 1.44 bits per heavy atom. The van der Waals surface area contributed by atoms with E-state index in [0.29, 0.717) is 18.2 Å². The van der Waals surface area contributed by atoms with Gasteiger partial charge in [-0.1, -0.05) is 6.92 Å². The molecule has 1 aliphatic rings. The summed E-state index contributed by atoms with van der Waals surface area (Å²) in [5.41, 5.74) is -0.0563. The van der Waals surface area contributed by atoms with Crippen LogP contribution in [0.1, 0.15) is 25.5 Å². The zero-order chi connectivity index (χ0) is 11.5. The number of rotatable bonds is 2. The Bertz CT molecular complexity index is 435.